The molecule has 0 saturated carbocycles. The molecule has 9 N–H and O–H groups in total. The van der Waals surface area contributed by atoms with Crippen LogP contribution in [-0.4, -0.2) is 121 Å². The summed E-state index contributed by atoms with van der Waals surface area (Å²) in [5, 5.41) is 31.8. The maximum Gasteiger partial charge on any atom is 0.472 e. The van der Waals surface area contributed by atoms with Crippen LogP contribution in [0.15, 0.2) is 25.3 Å². The topological polar surface area (TPSA) is 321 Å². The lowest BCUT2D eigenvalue weighted by Crippen LogP contribution is -2.37. The molecule has 10 atom stereocenters. The molecule has 2 aliphatic rings. The van der Waals surface area contributed by atoms with E-state index in [0.29, 0.717) is 0 Å². The fraction of sp³-hybridized carbons (Fsp3) is 0.524. The van der Waals surface area contributed by atoms with Crippen molar-refractivity contribution in [2.24, 2.45) is 0 Å². The molecule has 0 bridgehead atoms. The summed E-state index contributed by atoms with van der Waals surface area (Å²) in [6.45, 7) is -0.622. The first-order valence-electron chi connectivity index (χ1n) is 13.1. The SMILES string of the molecule is CP(=O)(O)OC1[C@@H](O)[C@@H](COP(=O)(O)O[C@@H]2[C@H](O)[C@H](n3cnc4c(N)ncnc43)O[C@@H]2CO)O[C@H]1n1cnc2c(N)ncnc21. The third-order valence-electron chi connectivity index (χ3n) is 7.10. The number of nitrogen functional groups attached to an aromatic ring is 2. The predicted molar refractivity (Wildman–Crippen MR) is 148 cm³/mol. The molecule has 2 aliphatic heterocycles. The molecule has 4 aromatic heterocycles. The van der Waals surface area contributed by atoms with Crippen LogP contribution in [0.4, 0.5) is 11.6 Å². The third-order valence-corrected chi connectivity index (χ3v) is 8.72. The van der Waals surface area contributed by atoms with E-state index in [-0.39, 0.29) is 34.0 Å². The number of phosphoric acid groups is 1. The summed E-state index contributed by atoms with van der Waals surface area (Å²) in [5.74, 6) is 0.105. The van der Waals surface area contributed by atoms with Gasteiger partial charge < -0.3 is 46.0 Å². The number of fused-ring (bicyclic) bond motifs is 2. The molecule has 0 spiro atoms. The highest BCUT2D eigenvalue weighted by Crippen LogP contribution is 2.50. The number of nitrogens with two attached hydrogens (primary N) is 2. The van der Waals surface area contributed by atoms with Gasteiger partial charge in [-0.25, -0.2) is 34.5 Å². The van der Waals surface area contributed by atoms with Gasteiger partial charge in [0.25, 0.3) is 0 Å². The lowest BCUT2D eigenvalue weighted by Gasteiger charge is -2.24. The van der Waals surface area contributed by atoms with Crippen molar-refractivity contribution in [2.75, 3.05) is 31.3 Å². The van der Waals surface area contributed by atoms with Gasteiger partial charge in [0.2, 0.25) is 0 Å². The number of phosphoric ester groups is 1. The van der Waals surface area contributed by atoms with Gasteiger partial charge in [0.15, 0.2) is 35.4 Å². The monoisotopic (exact) mass is 674 g/mol. The molecule has 45 heavy (non-hydrogen) atoms. The number of nitrogens with zero attached hydrogens (tertiary/aromatic N) is 8. The van der Waals surface area contributed by atoms with E-state index in [2.05, 4.69) is 29.9 Å². The molecule has 3 unspecified atom stereocenters. The number of anilines is 2. The summed E-state index contributed by atoms with van der Waals surface area (Å²) in [5.41, 5.74) is 12.4. The Bertz CT molecular complexity index is 1800. The molecule has 0 radical (unpaired) electrons. The molecule has 6 heterocycles. The van der Waals surface area contributed by atoms with Crippen LogP contribution in [0.2, 0.25) is 0 Å². The van der Waals surface area contributed by atoms with Crippen molar-refractivity contribution < 1.29 is 57.3 Å². The fourth-order valence-corrected chi connectivity index (χ4v) is 6.75. The minimum absolute atomic E-state index is 0.0384. The number of aliphatic hydroxyl groups is 3. The Hall–Kier alpha value is -3.24. The fourth-order valence-electron chi connectivity index (χ4n) is 5.11. The van der Waals surface area contributed by atoms with E-state index >= 15 is 0 Å². The van der Waals surface area contributed by atoms with Gasteiger partial charge in [-0.3, -0.25) is 27.3 Å². The summed E-state index contributed by atoms with van der Waals surface area (Å²) in [7, 11) is -9.28. The van der Waals surface area contributed by atoms with Crippen LogP contribution < -0.4 is 11.5 Å². The Balaban J connectivity index is 1.18. The highest BCUT2D eigenvalue weighted by atomic mass is 31.2. The highest BCUT2D eigenvalue weighted by Gasteiger charge is 2.51. The van der Waals surface area contributed by atoms with E-state index in [9.17, 15) is 34.2 Å². The van der Waals surface area contributed by atoms with Gasteiger partial charge in [0.1, 0.15) is 60.3 Å². The van der Waals surface area contributed by atoms with Crippen molar-refractivity contribution in [1.29, 1.82) is 0 Å². The van der Waals surface area contributed by atoms with Crippen molar-refractivity contribution in [2.45, 2.75) is 49.1 Å². The van der Waals surface area contributed by atoms with Gasteiger partial charge in [-0.05, 0) is 0 Å². The summed E-state index contributed by atoms with van der Waals surface area (Å²) >= 11 is 0. The molecule has 0 aromatic carbocycles. The maximum atomic E-state index is 13.0. The van der Waals surface area contributed by atoms with Crippen molar-refractivity contribution in [3.63, 3.8) is 0 Å². The standard InChI is InChI=1S/C21H28N10O12P2/c1-44(35,36)42-15-12(33)9(41-21(15)31-7-29-11-17(23)25-5-27-19(11)31)3-39-45(37,38)43-14-8(2-32)40-20(13(14)34)30-6-28-10-16(22)24-4-26-18(10)30/h4-9,12-15,20-21,32-34H,2-3H2,1H3,(H,35,36)(H,37,38)(H2,22,24,26)(H2,23,25,27)/t8-,9-,12+,13+,14+,15?,20-,21-/m1/s1. The number of hydrogen-bond acceptors (Lipinski definition) is 18. The lowest BCUT2D eigenvalue weighted by molar-refractivity contribution is -0.0577. The van der Waals surface area contributed by atoms with E-state index in [1.807, 2.05) is 0 Å². The molecule has 0 aliphatic carbocycles. The number of aliphatic hydroxyl groups excluding tert-OH is 3. The first-order chi connectivity index (χ1) is 21.3. The Morgan fingerprint density at radius 1 is 0.822 bits per heavy atom. The van der Waals surface area contributed by atoms with Crippen LogP contribution >= 0.6 is 15.4 Å². The molecule has 0 amide bonds. The molecule has 22 nitrogen and oxygen atoms in total. The van der Waals surface area contributed by atoms with Gasteiger partial charge in [0, 0.05) is 6.66 Å². The second-order valence-corrected chi connectivity index (χ2v) is 13.4. The van der Waals surface area contributed by atoms with E-state index in [1.165, 1.54) is 28.1 Å². The van der Waals surface area contributed by atoms with Crippen LogP contribution in [0.3, 0.4) is 0 Å². The first-order valence-corrected chi connectivity index (χ1v) is 16.6. The number of ether oxygens (including phenoxy) is 2. The molecule has 6 rings (SSSR count). The summed E-state index contributed by atoms with van der Waals surface area (Å²) < 4.78 is 54.8. The highest BCUT2D eigenvalue weighted by molar-refractivity contribution is 7.51. The molecule has 4 aromatic rings. The minimum Gasteiger partial charge on any atom is -0.394 e. The van der Waals surface area contributed by atoms with Crippen LogP contribution in [0.25, 0.3) is 22.3 Å². The second kappa shape index (κ2) is 11.8. The molecular formula is C21H28N10O12P2. The van der Waals surface area contributed by atoms with Crippen LogP contribution in [0.5, 0.6) is 0 Å². The van der Waals surface area contributed by atoms with Gasteiger partial charge in [-0.1, -0.05) is 0 Å². The zero-order valence-corrected chi connectivity index (χ0v) is 24.9. The summed E-state index contributed by atoms with van der Waals surface area (Å²) in [6.07, 6.45) is -6.89. The van der Waals surface area contributed by atoms with Gasteiger partial charge in [-0.2, -0.15) is 0 Å². The number of rotatable bonds is 10. The van der Waals surface area contributed by atoms with Crippen molar-refractivity contribution in [3.05, 3.63) is 25.3 Å². The van der Waals surface area contributed by atoms with E-state index in [0.717, 1.165) is 13.0 Å². The van der Waals surface area contributed by atoms with Crippen molar-refractivity contribution in [3.8, 4) is 0 Å². The van der Waals surface area contributed by atoms with E-state index in [4.69, 9.17) is 34.5 Å². The van der Waals surface area contributed by atoms with E-state index < -0.39 is 77.7 Å². The largest absolute Gasteiger partial charge is 0.472 e. The quantitative estimate of drug-likeness (QED) is 0.0898. The van der Waals surface area contributed by atoms with Crippen LogP contribution in [-0.2, 0) is 32.2 Å². The second-order valence-electron chi connectivity index (χ2n) is 10.2. The number of imidazole rings is 2. The summed E-state index contributed by atoms with van der Waals surface area (Å²) in [6, 6.07) is 0. The molecule has 24 heteroatoms. The molecule has 244 valence electrons. The molecule has 2 saturated heterocycles. The number of hydrogen-bond donors (Lipinski definition) is 7. The Morgan fingerprint density at radius 2 is 1.38 bits per heavy atom. The normalized spacial score (nSPS) is 31.4. The Kier molecular flexibility index (Phi) is 8.35. The van der Waals surface area contributed by atoms with Gasteiger partial charge >= 0.3 is 15.4 Å². The van der Waals surface area contributed by atoms with Crippen molar-refractivity contribution >= 4 is 49.4 Å². The molecular weight excluding hydrogens is 646 g/mol. The zero-order chi connectivity index (χ0) is 32.3. The molecule has 2 fully saturated rings. The maximum absolute atomic E-state index is 13.0. The minimum atomic E-state index is -5.07. The third kappa shape index (κ3) is 6.03. The van der Waals surface area contributed by atoms with E-state index in [1.54, 1.807) is 0 Å². The summed E-state index contributed by atoms with van der Waals surface area (Å²) in [4.78, 5) is 44.5. The predicted octanol–water partition coefficient (Wildman–Crippen LogP) is -1.96. The Labute approximate surface area is 251 Å². The zero-order valence-electron chi connectivity index (χ0n) is 23.1. The van der Waals surface area contributed by atoms with Crippen molar-refractivity contribution in [1.82, 2.24) is 39.0 Å². The van der Waals surface area contributed by atoms with Gasteiger partial charge in [0.05, 0.1) is 25.9 Å². The average molecular weight is 674 g/mol. The van der Waals surface area contributed by atoms with Crippen LogP contribution in [0, 0.1) is 0 Å². The van der Waals surface area contributed by atoms with Crippen LogP contribution in [0.1, 0.15) is 12.5 Å². The Morgan fingerprint density at radius 3 is 1.93 bits per heavy atom. The number of aromatic nitrogens is 8. The smallest absolute Gasteiger partial charge is 0.394 e. The first kappa shape index (κ1) is 31.7. The van der Waals surface area contributed by atoms with Gasteiger partial charge in [-0.15, -0.1) is 0 Å². The lowest BCUT2D eigenvalue weighted by atomic mass is 10.1. The average Bonchev–Trinajstić information content (AvgIpc) is 3.73.